The molecule has 2 aromatic rings. The molecule has 0 bridgehead atoms. The van der Waals surface area contributed by atoms with E-state index < -0.39 is 5.60 Å². The summed E-state index contributed by atoms with van der Waals surface area (Å²) in [5, 5.41) is 23.7. The molecule has 4 nitrogen and oxygen atoms in total. The van der Waals surface area contributed by atoms with Crippen molar-refractivity contribution in [2.24, 2.45) is 0 Å². The molecular weight excluding hydrogens is 308 g/mol. The lowest BCUT2D eigenvalue weighted by Crippen LogP contribution is -2.21. The van der Waals surface area contributed by atoms with Crippen molar-refractivity contribution in [3.05, 3.63) is 51.8 Å². The summed E-state index contributed by atoms with van der Waals surface area (Å²) in [4.78, 5) is 0. The predicted octanol–water partition coefficient (Wildman–Crippen LogP) is 2.41. The fraction of sp³-hybridized carbons (Fsp3) is 0.357. The minimum atomic E-state index is -0.994. The molecule has 0 aliphatic heterocycles. The van der Waals surface area contributed by atoms with E-state index in [2.05, 4.69) is 21.0 Å². The summed E-state index contributed by atoms with van der Waals surface area (Å²) in [5.41, 5.74) is 1.34. The van der Waals surface area contributed by atoms with Crippen LogP contribution in [-0.4, -0.2) is 20.0 Å². The molecule has 19 heavy (non-hydrogen) atoms. The van der Waals surface area contributed by atoms with E-state index in [-0.39, 0.29) is 6.61 Å². The number of hydrogen-bond acceptors (Lipinski definition) is 3. The molecule has 0 saturated carbocycles. The largest absolute Gasteiger partial charge is 0.390 e. The van der Waals surface area contributed by atoms with Crippen LogP contribution in [0.25, 0.3) is 0 Å². The molecular formula is C14H17BrN2O2. The van der Waals surface area contributed by atoms with Crippen LogP contribution in [0.5, 0.6) is 0 Å². The van der Waals surface area contributed by atoms with Gasteiger partial charge in [-0.1, -0.05) is 28.1 Å². The van der Waals surface area contributed by atoms with Gasteiger partial charge >= 0.3 is 0 Å². The molecule has 2 rings (SSSR count). The van der Waals surface area contributed by atoms with Crippen LogP contribution in [0.1, 0.15) is 30.8 Å². The van der Waals surface area contributed by atoms with Gasteiger partial charge in [-0.2, -0.15) is 5.10 Å². The Morgan fingerprint density at radius 3 is 2.63 bits per heavy atom. The highest BCUT2D eigenvalue weighted by atomic mass is 79.9. The lowest BCUT2D eigenvalue weighted by atomic mass is 10.0. The van der Waals surface area contributed by atoms with Crippen molar-refractivity contribution in [2.45, 2.75) is 32.6 Å². The minimum absolute atomic E-state index is 0.130. The smallest absolute Gasteiger partial charge is 0.101 e. The number of rotatable bonds is 4. The molecule has 0 saturated heterocycles. The summed E-state index contributed by atoms with van der Waals surface area (Å²) >= 11 is 3.43. The normalized spacial score (nSPS) is 11.8. The van der Waals surface area contributed by atoms with E-state index in [1.807, 2.05) is 24.3 Å². The van der Waals surface area contributed by atoms with E-state index in [1.54, 1.807) is 24.6 Å². The predicted molar refractivity (Wildman–Crippen MR) is 76.6 cm³/mol. The quantitative estimate of drug-likeness (QED) is 0.908. The minimum Gasteiger partial charge on any atom is -0.390 e. The number of benzene rings is 1. The van der Waals surface area contributed by atoms with Crippen molar-refractivity contribution in [2.75, 3.05) is 0 Å². The Morgan fingerprint density at radius 1 is 1.32 bits per heavy atom. The second-order valence-electron chi connectivity index (χ2n) is 5.03. The van der Waals surface area contributed by atoms with Crippen LogP contribution in [0, 0.1) is 0 Å². The number of aromatic nitrogens is 2. The Morgan fingerprint density at radius 2 is 2.05 bits per heavy atom. The van der Waals surface area contributed by atoms with Gasteiger partial charge in [0.2, 0.25) is 0 Å². The Kier molecular flexibility index (Phi) is 4.08. The van der Waals surface area contributed by atoms with E-state index >= 15 is 0 Å². The SMILES string of the molecule is CC(C)(O)c1cc(CO)nn1Cc1cccc(Br)c1. The molecule has 0 radical (unpaired) electrons. The molecule has 0 spiro atoms. The molecule has 0 aliphatic rings. The molecule has 0 unspecified atom stereocenters. The first-order valence-electron chi connectivity index (χ1n) is 6.05. The summed E-state index contributed by atoms with van der Waals surface area (Å²) in [5.74, 6) is 0. The summed E-state index contributed by atoms with van der Waals surface area (Å²) in [6.07, 6.45) is 0. The molecule has 5 heteroatoms. The number of halogens is 1. The summed E-state index contributed by atoms with van der Waals surface area (Å²) in [6, 6.07) is 9.66. The van der Waals surface area contributed by atoms with Crippen LogP contribution < -0.4 is 0 Å². The maximum atomic E-state index is 10.2. The van der Waals surface area contributed by atoms with E-state index in [9.17, 15) is 10.2 Å². The second kappa shape index (κ2) is 5.45. The zero-order chi connectivity index (χ0) is 14.0. The number of nitrogens with zero attached hydrogens (tertiary/aromatic N) is 2. The van der Waals surface area contributed by atoms with Crippen LogP contribution in [0.2, 0.25) is 0 Å². The molecule has 0 fully saturated rings. The molecule has 1 aromatic carbocycles. The Balaban J connectivity index is 2.36. The highest BCUT2D eigenvalue weighted by Crippen LogP contribution is 2.22. The van der Waals surface area contributed by atoms with Crippen molar-refractivity contribution >= 4 is 15.9 Å². The molecule has 102 valence electrons. The van der Waals surface area contributed by atoms with Gasteiger partial charge in [0.25, 0.3) is 0 Å². The van der Waals surface area contributed by atoms with Crippen LogP contribution in [0.4, 0.5) is 0 Å². The first-order chi connectivity index (χ1) is 8.90. The second-order valence-corrected chi connectivity index (χ2v) is 5.94. The van der Waals surface area contributed by atoms with Crippen molar-refractivity contribution in [1.82, 2.24) is 9.78 Å². The third-order valence-electron chi connectivity index (χ3n) is 2.84. The maximum absolute atomic E-state index is 10.2. The topological polar surface area (TPSA) is 58.3 Å². The van der Waals surface area contributed by atoms with Crippen LogP contribution >= 0.6 is 15.9 Å². The monoisotopic (exact) mass is 324 g/mol. The fourth-order valence-corrected chi connectivity index (χ4v) is 2.42. The average Bonchev–Trinajstić information content (AvgIpc) is 2.72. The van der Waals surface area contributed by atoms with Gasteiger partial charge in [0.1, 0.15) is 5.60 Å². The highest BCUT2D eigenvalue weighted by molar-refractivity contribution is 9.10. The van der Waals surface area contributed by atoms with E-state index in [1.165, 1.54) is 0 Å². The lowest BCUT2D eigenvalue weighted by molar-refractivity contribution is 0.0688. The highest BCUT2D eigenvalue weighted by Gasteiger charge is 2.22. The average molecular weight is 325 g/mol. The standard InChI is InChI=1S/C14H17BrN2O2/c1-14(2,19)13-7-12(9-18)16-17(13)8-10-4-3-5-11(15)6-10/h3-7,18-19H,8-9H2,1-2H3. The van der Waals surface area contributed by atoms with Gasteiger partial charge in [-0.25, -0.2) is 0 Å². The van der Waals surface area contributed by atoms with Crippen LogP contribution in [0.15, 0.2) is 34.8 Å². The molecule has 0 aliphatic carbocycles. The van der Waals surface area contributed by atoms with Gasteiger partial charge in [0.15, 0.2) is 0 Å². The number of hydrogen-bond donors (Lipinski definition) is 2. The zero-order valence-electron chi connectivity index (χ0n) is 11.0. The molecule has 2 N–H and O–H groups in total. The summed E-state index contributed by atoms with van der Waals surface area (Å²) < 4.78 is 2.73. The Labute approximate surface area is 120 Å². The van der Waals surface area contributed by atoms with Crippen LogP contribution in [0.3, 0.4) is 0 Å². The maximum Gasteiger partial charge on any atom is 0.101 e. The third kappa shape index (κ3) is 3.43. The number of aliphatic hydroxyl groups excluding tert-OH is 1. The molecule has 0 amide bonds. The van der Waals surface area contributed by atoms with Crippen molar-refractivity contribution in [3.8, 4) is 0 Å². The van der Waals surface area contributed by atoms with Gasteiger partial charge in [-0.05, 0) is 37.6 Å². The zero-order valence-corrected chi connectivity index (χ0v) is 12.6. The molecule has 1 aromatic heterocycles. The fourth-order valence-electron chi connectivity index (χ4n) is 1.97. The first kappa shape index (κ1) is 14.2. The van der Waals surface area contributed by atoms with Gasteiger partial charge in [0, 0.05) is 4.47 Å². The summed E-state index contributed by atoms with van der Waals surface area (Å²) in [6.45, 7) is 3.85. The van der Waals surface area contributed by atoms with Crippen molar-refractivity contribution in [3.63, 3.8) is 0 Å². The van der Waals surface area contributed by atoms with E-state index in [0.717, 1.165) is 10.0 Å². The van der Waals surface area contributed by atoms with Crippen LogP contribution in [-0.2, 0) is 18.8 Å². The van der Waals surface area contributed by atoms with Gasteiger partial charge < -0.3 is 10.2 Å². The third-order valence-corrected chi connectivity index (χ3v) is 3.33. The lowest BCUT2D eigenvalue weighted by Gasteiger charge is -2.19. The van der Waals surface area contributed by atoms with Gasteiger partial charge in [-0.3, -0.25) is 4.68 Å². The first-order valence-corrected chi connectivity index (χ1v) is 6.84. The summed E-state index contributed by atoms with van der Waals surface area (Å²) in [7, 11) is 0. The van der Waals surface area contributed by atoms with Gasteiger partial charge in [0.05, 0.1) is 24.5 Å². The van der Waals surface area contributed by atoms with E-state index in [0.29, 0.717) is 17.9 Å². The van der Waals surface area contributed by atoms with Crippen molar-refractivity contribution < 1.29 is 10.2 Å². The Hall–Kier alpha value is -1.17. The molecule has 1 heterocycles. The van der Waals surface area contributed by atoms with E-state index in [4.69, 9.17) is 0 Å². The van der Waals surface area contributed by atoms with Gasteiger partial charge in [-0.15, -0.1) is 0 Å². The molecule has 0 atom stereocenters. The Bertz CT molecular complexity index is 573. The van der Waals surface area contributed by atoms with Crippen molar-refractivity contribution in [1.29, 1.82) is 0 Å². The number of aliphatic hydroxyl groups is 2.